The zero-order chi connectivity index (χ0) is 10.7. The van der Waals surface area contributed by atoms with Crippen molar-refractivity contribution in [3.05, 3.63) is 39.5 Å². The predicted molar refractivity (Wildman–Crippen MR) is 71.1 cm³/mol. The smallest absolute Gasteiger partial charge is 0.216 e. The Labute approximate surface area is 103 Å². The largest absolute Gasteiger partial charge is 0.476 e. The first kappa shape index (κ1) is 10.7. The minimum atomic E-state index is 0.704. The predicted octanol–water partition coefficient (Wildman–Crippen LogP) is 3.12. The minimum Gasteiger partial charge on any atom is -0.476 e. The molecular formula is C12H12INO. The fourth-order valence-corrected chi connectivity index (χ4v) is 2.25. The molecule has 2 nitrogen and oxygen atoms in total. The van der Waals surface area contributed by atoms with Gasteiger partial charge in [0.15, 0.2) is 0 Å². The second-order valence-electron chi connectivity index (χ2n) is 3.22. The van der Waals surface area contributed by atoms with Crippen LogP contribution in [0.5, 0.6) is 0 Å². The van der Waals surface area contributed by atoms with Crippen molar-refractivity contribution in [1.82, 2.24) is 0 Å². The number of aliphatic imine (C=N–C) groups is 1. The van der Waals surface area contributed by atoms with E-state index in [0.717, 1.165) is 18.0 Å². The van der Waals surface area contributed by atoms with E-state index in [1.54, 1.807) is 0 Å². The van der Waals surface area contributed by atoms with Crippen LogP contribution in [-0.4, -0.2) is 19.0 Å². The monoisotopic (exact) mass is 313 g/mol. The molecule has 0 unspecified atom stereocenters. The van der Waals surface area contributed by atoms with Crippen LogP contribution in [0.15, 0.2) is 35.3 Å². The summed E-state index contributed by atoms with van der Waals surface area (Å²) in [6, 6.07) is 8.27. The van der Waals surface area contributed by atoms with Crippen molar-refractivity contribution < 1.29 is 4.74 Å². The van der Waals surface area contributed by atoms with E-state index in [0.29, 0.717) is 6.61 Å². The van der Waals surface area contributed by atoms with E-state index in [4.69, 9.17) is 4.74 Å². The lowest BCUT2D eigenvalue weighted by atomic mass is 10.1. The molecule has 0 atom stereocenters. The van der Waals surface area contributed by atoms with E-state index in [2.05, 4.69) is 45.8 Å². The van der Waals surface area contributed by atoms with Gasteiger partial charge in [-0.25, -0.2) is 4.99 Å². The van der Waals surface area contributed by atoms with Gasteiger partial charge in [-0.15, -0.1) is 0 Å². The van der Waals surface area contributed by atoms with Crippen LogP contribution in [0, 0.1) is 3.57 Å². The minimum absolute atomic E-state index is 0.704. The Morgan fingerprint density at radius 3 is 2.87 bits per heavy atom. The molecule has 0 aromatic heterocycles. The lowest BCUT2D eigenvalue weighted by Crippen LogP contribution is -2.03. The summed E-state index contributed by atoms with van der Waals surface area (Å²) >= 11 is 2.33. The molecule has 0 fully saturated rings. The summed E-state index contributed by atoms with van der Waals surface area (Å²) in [5.74, 6) is 0.779. The first-order chi connectivity index (χ1) is 7.33. The molecule has 0 amide bonds. The van der Waals surface area contributed by atoms with Gasteiger partial charge in [0.25, 0.3) is 0 Å². The molecular weight excluding hydrogens is 301 g/mol. The molecule has 0 saturated heterocycles. The molecule has 0 N–H and O–H groups in total. The molecule has 78 valence electrons. The average molecular weight is 313 g/mol. The van der Waals surface area contributed by atoms with Gasteiger partial charge in [0.2, 0.25) is 5.90 Å². The number of allylic oxidation sites excluding steroid dienone is 1. The Hall–Kier alpha value is -0.840. The number of hydrogen-bond donors (Lipinski definition) is 0. The second-order valence-corrected chi connectivity index (χ2v) is 4.38. The van der Waals surface area contributed by atoms with Crippen LogP contribution >= 0.6 is 22.6 Å². The van der Waals surface area contributed by atoms with Crippen molar-refractivity contribution in [2.45, 2.75) is 6.92 Å². The van der Waals surface area contributed by atoms with Crippen LogP contribution in [0.4, 0.5) is 0 Å². The number of ether oxygens (including phenoxy) is 1. The zero-order valence-corrected chi connectivity index (χ0v) is 10.7. The van der Waals surface area contributed by atoms with E-state index < -0.39 is 0 Å². The van der Waals surface area contributed by atoms with Gasteiger partial charge in [-0.2, -0.15) is 0 Å². The van der Waals surface area contributed by atoms with E-state index >= 15 is 0 Å². The van der Waals surface area contributed by atoms with Crippen molar-refractivity contribution in [2.75, 3.05) is 13.2 Å². The molecule has 0 radical (unpaired) electrons. The van der Waals surface area contributed by atoms with E-state index in [-0.39, 0.29) is 0 Å². The summed E-state index contributed by atoms with van der Waals surface area (Å²) < 4.78 is 6.72. The van der Waals surface area contributed by atoms with Gasteiger partial charge in [0, 0.05) is 14.7 Å². The third kappa shape index (κ3) is 2.22. The number of hydrogen-bond acceptors (Lipinski definition) is 2. The molecule has 15 heavy (non-hydrogen) atoms. The molecule has 3 heteroatoms. The molecule has 1 heterocycles. The topological polar surface area (TPSA) is 21.6 Å². The maximum atomic E-state index is 5.49. The molecule has 1 aromatic rings. The molecule has 0 bridgehead atoms. The highest BCUT2D eigenvalue weighted by atomic mass is 127. The summed E-state index contributed by atoms with van der Waals surface area (Å²) in [6.45, 7) is 3.49. The SMILES string of the molecule is C/C=C(/C1=NCCO1)c1ccccc1I. The average Bonchev–Trinajstić information content (AvgIpc) is 2.75. The van der Waals surface area contributed by atoms with Crippen LogP contribution in [0.25, 0.3) is 5.57 Å². The summed E-state index contributed by atoms with van der Waals surface area (Å²) in [4.78, 5) is 4.35. The third-order valence-corrected chi connectivity index (χ3v) is 3.21. The van der Waals surface area contributed by atoms with Gasteiger partial charge in [0.05, 0.1) is 6.54 Å². The Balaban J connectivity index is 2.40. The highest BCUT2D eigenvalue weighted by Gasteiger charge is 2.15. The summed E-state index contributed by atoms with van der Waals surface area (Å²) in [5.41, 5.74) is 2.29. The number of benzene rings is 1. The Kier molecular flexibility index (Phi) is 3.41. The van der Waals surface area contributed by atoms with Gasteiger partial charge in [-0.05, 0) is 35.6 Å². The maximum Gasteiger partial charge on any atom is 0.216 e. The third-order valence-electron chi connectivity index (χ3n) is 2.27. The first-order valence-electron chi connectivity index (χ1n) is 4.91. The normalized spacial score (nSPS) is 16.1. The zero-order valence-electron chi connectivity index (χ0n) is 8.53. The molecule has 1 aliphatic heterocycles. The highest BCUT2D eigenvalue weighted by Crippen LogP contribution is 2.23. The second kappa shape index (κ2) is 4.79. The fraction of sp³-hybridized carbons (Fsp3) is 0.250. The van der Waals surface area contributed by atoms with Crippen LogP contribution in [-0.2, 0) is 4.74 Å². The van der Waals surface area contributed by atoms with Crippen molar-refractivity contribution in [2.24, 2.45) is 4.99 Å². The first-order valence-corrected chi connectivity index (χ1v) is 5.99. The Morgan fingerprint density at radius 2 is 2.27 bits per heavy atom. The summed E-state index contributed by atoms with van der Waals surface area (Å²) in [7, 11) is 0. The number of rotatable bonds is 2. The van der Waals surface area contributed by atoms with E-state index in [9.17, 15) is 0 Å². The van der Waals surface area contributed by atoms with Gasteiger partial charge in [0.1, 0.15) is 6.61 Å². The van der Waals surface area contributed by atoms with Gasteiger partial charge >= 0.3 is 0 Å². The van der Waals surface area contributed by atoms with Crippen LogP contribution in [0.3, 0.4) is 0 Å². The van der Waals surface area contributed by atoms with Crippen LogP contribution in [0.1, 0.15) is 12.5 Å². The standard InChI is InChI=1S/C12H12INO/c1-2-9(12-14-7-8-15-12)10-5-3-4-6-11(10)13/h2-6H,7-8H2,1H3/b9-2+. The van der Waals surface area contributed by atoms with Crippen molar-refractivity contribution in [1.29, 1.82) is 0 Å². The van der Waals surface area contributed by atoms with Crippen molar-refractivity contribution >= 4 is 34.1 Å². The molecule has 1 aliphatic rings. The summed E-state index contributed by atoms with van der Waals surface area (Å²) in [5, 5.41) is 0. The summed E-state index contributed by atoms with van der Waals surface area (Å²) in [6.07, 6.45) is 2.06. The van der Waals surface area contributed by atoms with Gasteiger partial charge in [-0.1, -0.05) is 24.3 Å². The Bertz CT molecular complexity index is 423. The van der Waals surface area contributed by atoms with Crippen molar-refractivity contribution in [3.63, 3.8) is 0 Å². The quantitative estimate of drug-likeness (QED) is 0.769. The molecule has 0 aliphatic carbocycles. The molecule has 1 aromatic carbocycles. The van der Waals surface area contributed by atoms with Gasteiger partial charge in [-0.3, -0.25) is 0 Å². The Morgan fingerprint density at radius 1 is 1.47 bits per heavy atom. The van der Waals surface area contributed by atoms with E-state index in [1.165, 1.54) is 9.13 Å². The lowest BCUT2D eigenvalue weighted by Gasteiger charge is -2.08. The van der Waals surface area contributed by atoms with Crippen molar-refractivity contribution in [3.8, 4) is 0 Å². The molecule has 2 rings (SSSR count). The molecule has 0 spiro atoms. The van der Waals surface area contributed by atoms with Gasteiger partial charge < -0.3 is 4.74 Å². The number of nitrogens with zero attached hydrogens (tertiary/aromatic N) is 1. The molecule has 0 saturated carbocycles. The van der Waals surface area contributed by atoms with E-state index in [1.807, 2.05) is 19.1 Å². The van der Waals surface area contributed by atoms with Crippen LogP contribution < -0.4 is 0 Å². The lowest BCUT2D eigenvalue weighted by molar-refractivity contribution is 0.351. The number of halogens is 1. The maximum absolute atomic E-state index is 5.49. The van der Waals surface area contributed by atoms with Crippen LogP contribution in [0.2, 0.25) is 0 Å². The fourth-order valence-electron chi connectivity index (χ4n) is 1.57. The highest BCUT2D eigenvalue weighted by molar-refractivity contribution is 14.1.